The first-order chi connectivity index (χ1) is 12.1. The molecule has 0 bridgehead atoms. The van der Waals surface area contributed by atoms with Crippen molar-refractivity contribution in [1.82, 2.24) is 20.0 Å². The number of likely N-dealkylation sites (N-methyl/N-ethyl adjacent to an activating group) is 1. The highest BCUT2D eigenvalue weighted by molar-refractivity contribution is 5.97. The van der Waals surface area contributed by atoms with E-state index in [4.69, 9.17) is 0 Å². The Hall–Kier alpha value is -2.63. The van der Waals surface area contributed by atoms with Crippen LogP contribution in [-0.4, -0.2) is 39.6 Å². The van der Waals surface area contributed by atoms with Crippen LogP contribution >= 0.6 is 0 Å². The molecular weight excluding hydrogens is 328 g/mol. The van der Waals surface area contributed by atoms with Crippen LogP contribution in [-0.2, 0) is 23.8 Å². The molecular formula is C20H28N4O2. The standard InChI is InChI=1S/C20H28N4O2/c1-14(19(26)23(5)12-15-11-21-24(6)13-15)22-18(25)16-7-9-17(10-8-16)20(2,3)4/h7-11,13-14H,12H2,1-6H3,(H,22,25). The van der Waals surface area contributed by atoms with Crippen molar-refractivity contribution >= 4 is 11.8 Å². The molecule has 0 fully saturated rings. The molecule has 6 heteroatoms. The number of aromatic nitrogens is 2. The first kappa shape index (κ1) is 19.7. The molecule has 0 aliphatic rings. The molecule has 0 saturated carbocycles. The Kier molecular flexibility index (Phi) is 5.85. The lowest BCUT2D eigenvalue weighted by Crippen LogP contribution is -2.45. The maximum Gasteiger partial charge on any atom is 0.251 e. The SMILES string of the molecule is CC(NC(=O)c1ccc(C(C)(C)C)cc1)C(=O)N(C)Cc1cnn(C)c1. The van der Waals surface area contributed by atoms with Gasteiger partial charge in [0.2, 0.25) is 5.91 Å². The number of amides is 2. The second-order valence-electron chi connectivity index (χ2n) is 7.74. The van der Waals surface area contributed by atoms with Crippen LogP contribution in [0.3, 0.4) is 0 Å². The average molecular weight is 356 g/mol. The molecule has 0 saturated heterocycles. The Morgan fingerprint density at radius 2 is 1.85 bits per heavy atom. The number of benzene rings is 1. The van der Waals surface area contributed by atoms with Gasteiger partial charge >= 0.3 is 0 Å². The summed E-state index contributed by atoms with van der Waals surface area (Å²) in [5.41, 5.74) is 2.69. The molecule has 1 aromatic heterocycles. The molecule has 0 radical (unpaired) electrons. The summed E-state index contributed by atoms with van der Waals surface area (Å²) < 4.78 is 1.69. The molecule has 2 amide bonds. The molecule has 1 atom stereocenters. The van der Waals surface area contributed by atoms with Gasteiger partial charge in [0.25, 0.3) is 5.91 Å². The fourth-order valence-corrected chi connectivity index (χ4v) is 2.70. The van der Waals surface area contributed by atoms with E-state index in [1.54, 1.807) is 41.9 Å². The molecule has 0 aliphatic carbocycles. The van der Waals surface area contributed by atoms with Crippen LogP contribution < -0.4 is 5.32 Å². The van der Waals surface area contributed by atoms with Crippen molar-refractivity contribution in [3.8, 4) is 0 Å². The van der Waals surface area contributed by atoms with Gasteiger partial charge in [0.15, 0.2) is 0 Å². The Bertz CT molecular complexity index is 772. The van der Waals surface area contributed by atoms with Gasteiger partial charge in [-0.25, -0.2) is 0 Å². The van der Waals surface area contributed by atoms with E-state index in [1.165, 1.54) is 0 Å². The monoisotopic (exact) mass is 356 g/mol. The Morgan fingerprint density at radius 3 is 2.35 bits per heavy atom. The number of rotatable bonds is 5. The van der Waals surface area contributed by atoms with Gasteiger partial charge in [-0.05, 0) is 30.0 Å². The fraction of sp³-hybridized carbons (Fsp3) is 0.450. The number of aryl methyl sites for hydroxylation is 1. The Morgan fingerprint density at radius 1 is 1.23 bits per heavy atom. The predicted octanol–water partition coefficient (Wildman–Crippen LogP) is 2.49. The molecule has 0 aliphatic heterocycles. The summed E-state index contributed by atoms with van der Waals surface area (Å²) >= 11 is 0. The number of hydrogen-bond acceptors (Lipinski definition) is 3. The maximum absolute atomic E-state index is 12.5. The van der Waals surface area contributed by atoms with Crippen LogP contribution in [0.25, 0.3) is 0 Å². The Labute approximate surface area is 155 Å². The van der Waals surface area contributed by atoms with Crippen molar-refractivity contribution in [3.63, 3.8) is 0 Å². The molecule has 26 heavy (non-hydrogen) atoms. The molecule has 1 unspecified atom stereocenters. The third-order valence-corrected chi connectivity index (χ3v) is 4.29. The maximum atomic E-state index is 12.5. The zero-order valence-electron chi connectivity index (χ0n) is 16.4. The zero-order chi connectivity index (χ0) is 19.5. The summed E-state index contributed by atoms with van der Waals surface area (Å²) in [5, 5.41) is 6.87. The molecule has 2 aromatic rings. The van der Waals surface area contributed by atoms with Gasteiger partial charge in [-0.3, -0.25) is 14.3 Å². The van der Waals surface area contributed by atoms with E-state index < -0.39 is 6.04 Å². The molecule has 0 spiro atoms. The van der Waals surface area contributed by atoms with Crippen LogP contribution in [0.5, 0.6) is 0 Å². The summed E-state index contributed by atoms with van der Waals surface area (Å²) in [6.45, 7) is 8.53. The van der Waals surface area contributed by atoms with Crippen LogP contribution in [0, 0.1) is 0 Å². The lowest BCUT2D eigenvalue weighted by atomic mass is 9.86. The van der Waals surface area contributed by atoms with Gasteiger partial charge in [0, 0.05) is 38.0 Å². The molecule has 1 heterocycles. The number of nitrogens with zero attached hydrogens (tertiary/aromatic N) is 3. The molecule has 140 valence electrons. The highest BCUT2D eigenvalue weighted by atomic mass is 16.2. The number of nitrogens with one attached hydrogen (secondary N) is 1. The second kappa shape index (κ2) is 7.72. The minimum atomic E-state index is -0.605. The minimum absolute atomic E-state index is 0.0350. The topological polar surface area (TPSA) is 67.2 Å². The van der Waals surface area contributed by atoms with E-state index in [-0.39, 0.29) is 17.2 Å². The first-order valence-electron chi connectivity index (χ1n) is 8.72. The number of carbonyl (C=O) groups is 2. The normalized spacial score (nSPS) is 12.5. The van der Waals surface area contributed by atoms with Gasteiger partial charge in [-0.1, -0.05) is 32.9 Å². The summed E-state index contributed by atoms with van der Waals surface area (Å²) in [6, 6.07) is 6.90. The summed E-state index contributed by atoms with van der Waals surface area (Å²) in [7, 11) is 3.55. The summed E-state index contributed by atoms with van der Waals surface area (Å²) in [6.07, 6.45) is 3.59. The van der Waals surface area contributed by atoms with E-state index in [9.17, 15) is 9.59 Å². The number of carbonyl (C=O) groups excluding carboxylic acids is 2. The smallest absolute Gasteiger partial charge is 0.251 e. The second-order valence-corrected chi connectivity index (χ2v) is 7.74. The van der Waals surface area contributed by atoms with E-state index in [1.807, 2.05) is 25.4 Å². The Balaban J connectivity index is 1.96. The molecule has 1 N–H and O–H groups in total. The van der Waals surface area contributed by atoms with Gasteiger partial charge in [-0.15, -0.1) is 0 Å². The van der Waals surface area contributed by atoms with Crippen molar-refractivity contribution in [1.29, 1.82) is 0 Å². The lowest BCUT2D eigenvalue weighted by molar-refractivity contribution is -0.132. The van der Waals surface area contributed by atoms with E-state index in [0.29, 0.717) is 12.1 Å². The van der Waals surface area contributed by atoms with Crippen molar-refractivity contribution in [2.75, 3.05) is 7.05 Å². The van der Waals surface area contributed by atoms with Crippen LogP contribution in [0.2, 0.25) is 0 Å². The van der Waals surface area contributed by atoms with E-state index in [0.717, 1.165) is 11.1 Å². The van der Waals surface area contributed by atoms with Crippen molar-refractivity contribution in [2.45, 2.75) is 45.7 Å². The van der Waals surface area contributed by atoms with Crippen LogP contribution in [0.15, 0.2) is 36.7 Å². The fourth-order valence-electron chi connectivity index (χ4n) is 2.70. The zero-order valence-corrected chi connectivity index (χ0v) is 16.4. The highest BCUT2D eigenvalue weighted by Crippen LogP contribution is 2.22. The van der Waals surface area contributed by atoms with E-state index in [2.05, 4.69) is 31.2 Å². The van der Waals surface area contributed by atoms with E-state index >= 15 is 0 Å². The lowest BCUT2D eigenvalue weighted by Gasteiger charge is -2.22. The average Bonchev–Trinajstić information content (AvgIpc) is 2.98. The quantitative estimate of drug-likeness (QED) is 0.895. The summed E-state index contributed by atoms with van der Waals surface area (Å²) in [4.78, 5) is 26.5. The predicted molar refractivity (Wildman–Crippen MR) is 102 cm³/mol. The van der Waals surface area contributed by atoms with Crippen LogP contribution in [0.1, 0.15) is 49.2 Å². The van der Waals surface area contributed by atoms with Gasteiger partial charge in [0.1, 0.15) is 6.04 Å². The highest BCUT2D eigenvalue weighted by Gasteiger charge is 2.21. The van der Waals surface area contributed by atoms with Crippen LogP contribution in [0.4, 0.5) is 0 Å². The molecule has 1 aromatic carbocycles. The molecule has 6 nitrogen and oxygen atoms in total. The van der Waals surface area contributed by atoms with Gasteiger partial charge in [0.05, 0.1) is 6.20 Å². The molecule has 2 rings (SSSR count). The van der Waals surface area contributed by atoms with Crippen molar-refractivity contribution < 1.29 is 9.59 Å². The third kappa shape index (κ3) is 4.94. The van der Waals surface area contributed by atoms with Crippen molar-refractivity contribution in [3.05, 3.63) is 53.3 Å². The minimum Gasteiger partial charge on any atom is -0.341 e. The third-order valence-electron chi connectivity index (χ3n) is 4.29. The van der Waals surface area contributed by atoms with Gasteiger partial charge < -0.3 is 10.2 Å². The largest absolute Gasteiger partial charge is 0.341 e. The summed E-state index contributed by atoms with van der Waals surface area (Å²) in [5.74, 6) is -0.394. The van der Waals surface area contributed by atoms with Crippen molar-refractivity contribution in [2.24, 2.45) is 7.05 Å². The number of hydrogen-bond donors (Lipinski definition) is 1. The first-order valence-corrected chi connectivity index (χ1v) is 8.72. The van der Waals surface area contributed by atoms with Gasteiger partial charge in [-0.2, -0.15) is 5.10 Å².